The summed E-state index contributed by atoms with van der Waals surface area (Å²) in [6, 6.07) is 7.43. The molecule has 4 heteroatoms. The minimum atomic E-state index is -0.337. The number of nitrogen functional groups attached to an aromatic ring is 1. The molecule has 1 aromatic carbocycles. The fourth-order valence-corrected chi connectivity index (χ4v) is 3.58. The summed E-state index contributed by atoms with van der Waals surface area (Å²) in [7, 11) is 0. The van der Waals surface area contributed by atoms with Crippen LogP contribution in [0.2, 0.25) is 0 Å². The van der Waals surface area contributed by atoms with Crippen LogP contribution >= 0.6 is 11.3 Å². The molecule has 0 spiro atoms. The number of nitrogens with zero attached hydrogens (tertiary/aromatic N) is 1. The predicted molar refractivity (Wildman–Crippen MR) is 74.6 cm³/mol. The first-order valence-corrected chi connectivity index (χ1v) is 6.93. The molecule has 0 amide bonds. The molecule has 18 heavy (non-hydrogen) atoms. The van der Waals surface area contributed by atoms with Crippen molar-refractivity contribution in [1.82, 2.24) is 0 Å². The van der Waals surface area contributed by atoms with E-state index in [1.807, 2.05) is 6.07 Å². The summed E-state index contributed by atoms with van der Waals surface area (Å²) >= 11 is 1.80. The second-order valence-corrected chi connectivity index (χ2v) is 5.59. The molecule has 2 heterocycles. The Balaban J connectivity index is 2.02. The number of thiophene rings is 1. The van der Waals surface area contributed by atoms with Crippen molar-refractivity contribution >= 4 is 22.7 Å². The standard InChI is InChI=1S/C14H15FN2S/c1-9-10-6-8-18-13(10)5-7-17(9)12-4-2-3-11(15)14(12)16/h2-4,6,8-9H,5,7,16H2,1H3. The van der Waals surface area contributed by atoms with Crippen molar-refractivity contribution in [2.45, 2.75) is 19.4 Å². The van der Waals surface area contributed by atoms with E-state index in [0.29, 0.717) is 0 Å². The summed E-state index contributed by atoms with van der Waals surface area (Å²) in [4.78, 5) is 3.63. The average molecular weight is 262 g/mol. The molecular formula is C14H15FN2S. The number of anilines is 2. The van der Waals surface area contributed by atoms with Crippen LogP contribution in [0.25, 0.3) is 0 Å². The minimum Gasteiger partial charge on any atom is -0.395 e. The van der Waals surface area contributed by atoms with Gasteiger partial charge in [0.25, 0.3) is 0 Å². The van der Waals surface area contributed by atoms with E-state index >= 15 is 0 Å². The summed E-state index contributed by atoms with van der Waals surface area (Å²) in [5, 5.41) is 2.12. The number of fused-ring (bicyclic) bond motifs is 1. The third-order valence-corrected chi connectivity index (χ3v) is 4.61. The molecule has 1 aliphatic heterocycles. The van der Waals surface area contributed by atoms with E-state index in [2.05, 4.69) is 23.3 Å². The molecule has 94 valence electrons. The molecule has 0 bridgehead atoms. The van der Waals surface area contributed by atoms with Gasteiger partial charge in [-0.2, -0.15) is 0 Å². The van der Waals surface area contributed by atoms with Gasteiger partial charge in [-0.25, -0.2) is 4.39 Å². The van der Waals surface area contributed by atoms with Gasteiger partial charge in [-0.05, 0) is 42.5 Å². The molecule has 1 aliphatic rings. The normalized spacial score (nSPS) is 18.8. The fraction of sp³-hybridized carbons (Fsp3) is 0.286. The number of hydrogen-bond donors (Lipinski definition) is 1. The lowest BCUT2D eigenvalue weighted by molar-refractivity contribution is 0.616. The number of benzene rings is 1. The van der Waals surface area contributed by atoms with Crippen LogP contribution < -0.4 is 10.6 Å². The maximum absolute atomic E-state index is 13.5. The highest BCUT2D eigenvalue weighted by Crippen LogP contribution is 2.38. The molecule has 0 saturated heterocycles. The van der Waals surface area contributed by atoms with Crippen molar-refractivity contribution in [3.05, 3.63) is 45.9 Å². The Hall–Kier alpha value is -1.55. The molecular weight excluding hydrogens is 247 g/mol. The summed E-state index contributed by atoms with van der Waals surface area (Å²) in [5.74, 6) is -0.337. The van der Waals surface area contributed by atoms with Crippen LogP contribution in [-0.4, -0.2) is 6.54 Å². The van der Waals surface area contributed by atoms with E-state index in [9.17, 15) is 4.39 Å². The zero-order valence-electron chi connectivity index (χ0n) is 10.2. The maximum atomic E-state index is 13.5. The van der Waals surface area contributed by atoms with Gasteiger partial charge in [0.1, 0.15) is 5.82 Å². The molecule has 2 N–H and O–H groups in total. The van der Waals surface area contributed by atoms with Gasteiger partial charge in [0.05, 0.1) is 17.4 Å². The van der Waals surface area contributed by atoms with E-state index in [1.54, 1.807) is 17.4 Å². The van der Waals surface area contributed by atoms with Crippen LogP contribution in [0.15, 0.2) is 29.6 Å². The van der Waals surface area contributed by atoms with Gasteiger partial charge in [-0.15, -0.1) is 11.3 Å². The second-order valence-electron chi connectivity index (χ2n) is 4.59. The Bertz CT molecular complexity index is 579. The molecule has 2 aromatic rings. The van der Waals surface area contributed by atoms with E-state index in [1.165, 1.54) is 16.5 Å². The molecule has 2 nitrogen and oxygen atoms in total. The lowest BCUT2D eigenvalue weighted by Gasteiger charge is -2.36. The predicted octanol–water partition coefficient (Wildman–Crippen LogP) is 3.59. The van der Waals surface area contributed by atoms with Crippen LogP contribution in [0.3, 0.4) is 0 Å². The number of rotatable bonds is 1. The Morgan fingerprint density at radius 1 is 1.39 bits per heavy atom. The van der Waals surface area contributed by atoms with E-state index in [0.717, 1.165) is 18.7 Å². The molecule has 1 unspecified atom stereocenters. The largest absolute Gasteiger partial charge is 0.395 e. The van der Waals surface area contributed by atoms with Crippen LogP contribution in [-0.2, 0) is 6.42 Å². The molecule has 0 aliphatic carbocycles. The molecule has 1 aromatic heterocycles. The van der Waals surface area contributed by atoms with Gasteiger partial charge in [-0.3, -0.25) is 0 Å². The van der Waals surface area contributed by atoms with Gasteiger partial charge < -0.3 is 10.6 Å². The zero-order chi connectivity index (χ0) is 12.7. The molecule has 0 fully saturated rings. The average Bonchev–Trinajstić information content (AvgIpc) is 2.83. The molecule has 1 atom stereocenters. The van der Waals surface area contributed by atoms with Gasteiger partial charge in [0, 0.05) is 11.4 Å². The summed E-state index contributed by atoms with van der Waals surface area (Å²) < 4.78 is 13.5. The van der Waals surface area contributed by atoms with Crippen LogP contribution in [0, 0.1) is 5.82 Å². The lowest BCUT2D eigenvalue weighted by Crippen LogP contribution is -2.33. The molecule has 0 saturated carbocycles. The van der Waals surface area contributed by atoms with E-state index < -0.39 is 0 Å². The van der Waals surface area contributed by atoms with E-state index in [-0.39, 0.29) is 17.5 Å². The van der Waals surface area contributed by atoms with Crippen molar-refractivity contribution in [2.75, 3.05) is 17.2 Å². The first-order valence-electron chi connectivity index (χ1n) is 6.05. The number of hydrogen-bond acceptors (Lipinski definition) is 3. The highest BCUT2D eigenvalue weighted by molar-refractivity contribution is 7.10. The quantitative estimate of drug-likeness (QED) is 0.796. The summed E-state index contributed by atoms with van der Waals surface area (Å²) in [5.41, 5.74) is 8.26. The number of para-hydroxylation sites is 1. The fourth-order valence-electron chi connectivity index (χ4n) is 2.61. The molecule has 3 rings (SSSR count). The first kappa shape index (κ1) is 11.5. The highest BCUT2D eigenvalue weighted by atomic mass is 32.1. The SMILES string of the molecule is CC1c2ccsc2CCN1c1cccc(F)c1N. The third kappa shape index (κ3) is 1.68. The van der Waals surface area contributed by atoms with Gasteiger partial charge in [0.2, 0.25) is 0 Å². The minimum absolute atomic E-state index is 0.253. The van der Waals surface area contributed by atoms with Gasteiger partial charge in [-0.1, -0.05) is 6.07 Å². The van der Waals surface area contributed by atoms with Crippen molar-refractivity contribution in [3.63, 3.8) is 0 Å². The Labute approximate surface area is 110 Å². The first-order chi connectivity index (χ1) is 8.68. The smallest absolute Gasteiger partial charge is 0.148 e. The van der Waals surface area contributed by atoms with Crippen molar-refractivity contribution in [3.8, 4) is 0 Å². The zero-order valence-corrected chi connectivity index (χ0v) is 11.0. The Kier molecular flexibility index (Phi) is 2.74. The van der Waals surface area contributed by atoms with Crippen molar-refractivity contribution in [2.24, 2.45) is 0 Å². The van der Waals surface area contributed by atoms with Gasteiger partial charge in [0.15, 0.2) is 0 Å². The number of halogens is 1. The second kappa shape index (κ2) is 4.28. The van der Waals surface area contributed by atoms with Crippen LogP contribution in [0.4, 0.5) is 15.8 Å². The summed E-state index contributed by atoms with van der Waals surface area (Å²) in [6.45, 7) is 3.04. The Morgan fingerprint density at radius 2 is 2.22 bits per heavy atom. The molecule has 0 radical (unpaired) electrons. The monoisotopic (exact) mass is 262 g/mol. The van der Waals surface area contributed by atoms with E-state index in [4.69, 9.17) is 5.73 Å². The Morgan fingerprint density at radius 3 is 3.06 bits per heavy atom. The maximum Gasteiger partial charge on any atom is 0.148 e. The van der Waals surface area contributed by atoms with Gasteiger partial charge >= 0.3 is 0 Å². The number of nitrogens with two attached hydrogens (primary N) is 1. The summed E-state index contributed by atoms with van der Waals surface area (Å²) in [6.07, 6.45) is 1.01. The lowest BCUT2D eigenvalue weighted by atomic mass is 10.0. The van der Waals surface area contributed by atoms with Crippen molar-refractivity contribution < 1.29 is 4.39 Å². The highest BCUT2D eigenvalue weighted by Gasteiger charge is 2.26. The van der Waals surface area contributed by atoms with Crippen molar-refractivity contribution in [1.29, 1.82) is 0 Å². The van der Waals surface area contributed by atoms with Crippen LogP contribution in [0.5, 0.6) is 0 Å². The third-order valence-electron chi connectivity index (χ3n) is 3.62. The topological polar surface area (TPSA) is 29.3 Å². The van der Waals surface area contributed by atoms with Crippen LogP contribution in [0.1, 0.15) is 23.4 Å².